The van der Waals surface area contributed by atoms with Gasteiger partial charge in [-0.15, -0.1) is 0 Å². The first-order valence-corrected chi connectivity index (χ1v) is 7.10. The van der Waals surface area contributed by atoms with Gasteiger partial charge in [0.05, 0.1) is 0 Å². The van der Waals surface area contributed by atoms with E-state index >= 15 is 0 Å². The lowest BCUT2D eigenvalue weighted by Crippen LogP contribution is -2.46. The third-order valence-electron chi connectivity index (χ3n) is 3.87. The Kier molecular flexibility index (Phi) is 5.79. The van der Waals surface area contributed by atoms with Crippen LogP contribution in [0.4, 0.5) is 0 Å². The number of carbonyl (C=O) groups is 2. The molecule has 0 aromatic rings. The van der Waals surface area contributed by atoms with Crippen molar-refractivity contribution >= 4 is 11.8 Å². The maximum absolute atomic E-state index is 12.0. The largest absolute Gasteiger partial charge is 0.348 e. The van der Waals surface area contributed by atoms with Gasteiger partial charge in [-0.05, 0) is 24.3 Å². The van der Waals surface area contributed by atoms with Gasteiger partial charge in [-0.1, -0.05) is 27.7 Å². The van der Waals surface area contributed by atoms with Crippen LogP contribution in [0, 0.1) is 11.3 Å². The Bertz CT molecular complexity index is 315. The molecule has 19 heavy (non-hydrogen) atoms. The molecule has 1 aliphatic rings. The molecule has 0 spiro atoms. The van der Waals surface area contributed by atoms with Gasteiger partial charge in [-0.2, -0.15) is 0 Å². The molecule has 2 amide bonds. The highest BCUT2D eigenvalue weighted by Gasteiger charge is 2.25. The normalized spacial score (nSPS) is 18.6. The predicted molar refractivity (Wildman–Crippen MR) is 75.7 cm³/mol. The average Bonchev–Trinajstić information content (AvgIpc) is 2.62. The van der Waals surface area contributed by atoms with Gasteiger partial charge in [-0.3, -0.25) is 9.59 Å². The topological polar surface area (TPSA) is 61.4 Å². The van der Waals surface area contributed by atoms with Crippen molar-refractivity contribution in [2.75, 3.05) is 32.7 Å². The quantitative estimate of drug-likeness (QED) is 0.722. The molecule has 0 radical (unpaired) electrons. The van der Waals surface area contributed by atoms with E-state index in [0.717, 1.165) is 19.5 Å². The molecule has 1 rings (SSSR count). The van der Waals surface area contributed by atoms with Crippen molar-refractivity contribution < 1.29 is 9.59 Å². The number of hydrogen-bond acceptors (Lipinski definition) is 3. The molecular formula is C14H27N3O2. The Morgan fingerprint density at radius 1 is 1.26 bits per heavy atom. The van der Waals surface area contributed by atoms with Gasteiger partial charge in [0.2, 0.25) is 0 Å². The highest BCUT2D eigenvalue weighted by Crippen LogP contribution is 2.24. The van der Waals surface area contributed by atoms with Gasteiger partial charge < -0.3 is 15.5 Å². The summed E-state index contributed by atoms with van der Waals surface area (Å²) in [4.78, 5) is 25.5. The molecule has 1 unspecified atom stereocenters. The lowest BCUT2D eigenvalue weighted by Gasteiger charge is -2.27. The molecule has 5 nitrogen and oxygen atoms in total. The fourth-order valence-corrected chi connectivity index (χ4v) is 1.82. The average molecular weight is 269 g/mol. The number of carbonyl (C=O) groups excluding carboxylic acids is 2. The monoisotopic (exact) mass is 269 g/mol. The van der Waals surface area contributed by atoms with E-state index in [1.165, 1.54) is 0 Å². The molecule has 2 N–H and O–H groups in total. The third kappa shape index (κ3) is 5.19. The van der Waals surface area contributed by atoms with Crippen LogP contribution in [0.2, 0.25) is 0 Å². The second-order valence-corrected chi connectivity index (χ2v) is 6.37. The van der Waals surface area contributed by atoms with E-state index in [9.17, 15) is 9.59 Å². The standard InChI is InChI=1S/C14H27N3O2/c1-11(14(2,3)4)10-16-12(18)13(19)17-8-5-6-15-7-9-17/h11,15H,5-10H2,1-4H3,(H,16,18). The van der Waals surface area contributed by atoms with E-state index in [4.69, 9.17) is 0 Å². The van der Waals surface area contributed by atoms with Gasteiger partial charge >= 0.3 is 11.8 Å². The van der Waals surface area contributed by atoms with Crippen molar-refractivity contribution in [3.8, 4) is 0 Å². The Balaban J connectivity index is 2.42. The smallest absolute Gasteiger partial charge is 0.311 e. The zero-order chi connectivity index (χ0) is 14.5. The highest BCUT2D eigenvalue weighted by atomic mass is 16.2. The maximum Gasteiger partial charge on any atom is 0.311 e. The lowest BCUT2D eigenvalue weighted by molar-refractivity contribution is -0.145. The summed E-state index contributed by atoms with van der Waals surface area (Å²) in [6.45, 7) is 12.0. The summed E-state index contributed by atoms with van der Waals surface area (Å²) >= 11 is 0. The highest BCUT2D eigenvalue weighted by molar-refractivity contribution is 6.35. The van der Waals surface area contributed by atoms with Crippen molar-refractivity contribution in [2.45, 2.75) is 34.1 Å². The van der Waals surface area contributed by atoms with Crippen LogP contribution in [0.3, 0.4) is 0 Å². The summed E-state index contributed by atoms with van der Waals surface area (Å²) < 4.78 is 0. The lowest BCUT2D eigenvalue weighted by atomic mass is 9.82. The first-order valence-electron chi connectivity index (χ1n) is 7.10. The van der Waals surface area contributed by atoms with Gasteiger partial charge in [0.15, 0.2) is 0 Å². The molecule has 0 aliphatic carbocycles. The number of hydrogen-bond donors (Lipinski definition) is 2. The van der Waals surface area contributed by atoms with Crippen LogP contribution in [-0.4, -0.2) is 49.4 Å². The van der Waals surface area contributed by atoms with Crippen LogP contribution in [0.25, 0.3) is 0 Å². The molecule has 1 saturated heterocycles. The van der Waals surface area contributed by atoms with E-state index in [0.29, 0.717) is 25.6 Å². The fraction of sp³-hybridized carbons (Fsp3) is 0.857. The van der Waals surface area contributed by atoms with Crippen LogP contribution in [-0.2, 0) is 9.59 Å². The van der Waals surface area contributed by atoms with Gasteiger partial charge in [0.25, 0.3) is 0 Å². The van der Waals surface area contributed by atoms with Crippen LogP contribution in [0.5, 0.6) is 0 Å². The van der Waals surface area contributed by atoms with E-state index in [1.54, 1.807) is 4.90 Å². The molecule has 1 heterocycles. The van der Waals surface area contributed by atoms with Crippen molar-refractivity contribution in [1.29, 1.82) is 0 Å². The Labute approximate surface area is 116 Å². The zero-order valence-electron chi connectivity index (χ0n) is 12.6. The molecule has 0 bridgehead atoms. The minimum absolute atomic E-state index is 0.128. The van der Waals surface area contributed by atoms with Crippen LogP contribution < -0.4 is 10.6 Å². The minimum Gasteiger partial charge on any atom is -0.348 e. The summed E-state index contributed by atoms with van der Waals surface area (Å²) in [5, 5.41) is 5.97. The summed E-state index contributed by atoms with van der Waals surface area (Å²) in [7, 11) is 0. The molecule has 0 aromatic heterocycles. The molecule has 1 aliphatic heterocycles. The second kappa shape index (κ2) is 6.89. The number of amides is 2. The van der Waals surface area contributed by atoms with Gasteiger partial charge in [0.1, 0.15) is 0 Å². The number of nitrogens with zero attached hydrogens (tertiary/aromatic N) is 1. The Morgan fingerprint density at radius 2 is 1.95 bits per heavy atom. The van der Waals surface area contributed by atoms with Crippen molar-refractivity contribution in [2.24, 2.45) is 11.3 Å². The second-order valence-electron chi connectivity index (χ2n) is 6.37. The maximum atomic E-state index is 12.0. The molecule has 0 saturated carbocycles. The molecule has 0 aromatic carbocycles. The molecule has 1 fully saturated rings. The van der Waals surface area contributed by atoms with Crippen LogP contribution in [0.1, 0.15) is 34.1 Å². The van der Waals surface area contributed by atoms with Crippen LogP contribution >= 0.6 is 0 Å². The fourth-order valence-electron chi connectivity index (χ4n) is 1.82. The summed E-state index contributed by atoms with van der Waals surface area (Å²) in [5.74, 6) is -0.544. The first-order chi connectivity index (χ1) is 8.82. The minimum atomic E-state index is -0.474. The molecular weight excluding hydrogens is 242 g/mol. The summed E-state index contributed by atoms with van der Waals surface area (Å²) in [6.07, 6.45) is 0.900. The van der Waals surface area contributed by atoms with E-state index in [-0.39, 0.29) is 5.41 Å². The molecule has 5 heteroatoms. The molecule has 1 atom stereocenters. The van der Waals surface area contributed by atoms with Gasteiger partial charge in [-0.25, -0.2) is 0 Å². The predicted octanol–water partition coefficient (Wildman–Crippen LogP) is 0.607. The van der Waals surface area contributed by atoms with Crippen molar-refractivity contribution in [3.63, 3.8) is 0 Å². The van der Waals surface area contributed by atoms with Crippen LogP contribution in [0.15, 0.2) is 0 Å². The molecule has 110 valence electrons. The Morgan fingerprint density at radius 3 is 2.58 bits per heavy atom. The van der Waals surface area contributed by atoms with Gasteiger partial charge in [0, 0.05) is 26.2 Å². The third-order valence-corrected chi connectivity index (χ3v) is 3.87. The summed E-state index contributed by atoms with van der Waals surface area (Å²) in [6, 6.07) is 0. The number of nitrogens with one attached hydrogen (secondary N) is 2. The SMILES string of the molecule is CC(CNC(=O)C(=O)N1CCCNCC1)C(C)(C)C. The van der Waals surface area contributed by atoms with Crippen molar-refractivity contribution in [3.05, 3.63) is 0 Å². The Hall–Kier alpha value is -1.10. The van der Waals surface area contributed by atoms with E-state index in [1.807, 2.05) is 0 Å². The van der Waals surface area contributed by atoms with E-state index in [2.05, 4.69) is 38.3 Å². The zero-order valence-corrected chi connectivity index (χ0v) is 12.6. The van der Waals surface area contributed by atoms with Crippen molar-refractivity contribution in [1.82, 2.24) is 15.5 Å². The summed E-state index contributed by atoms with van der Waals surface area (Å²) in [5.41, 5.74) is 0.128. The first kappa shape index (κ1) is 16.0. The number of rotatable bonds is 2. The van der Waals surface area contributed by atoms with E-state index < -0.39 is 11.8 Å².